The molecular formula is C13H21Cl2N5O. The molecule has 0 saturated carbocycles. The van der Waals surface area contributed by atoms with Crippen molar-refractivity contribution in [2.75, 3.05) is 20.3 Å². The lowest BCUT2D eigenvalue weighted by molar-refractivity contribution is 0.163. The summed E-state index contributed by atoms with van der Waals surface area (Å²) >= 11 is 0. The highest BCUT2D eigenvalue weighted by Crippen LogP contribution is 2.22. The third-order valence-corrected chi connectivity index (χ3v) is 3.45. The molecule has 118 valence electrons. The van der Waals surface area contributed by atoms with Gasteiger partial charge in [0, 0.05) is 32.6 Å². The van der Waals surface area contributed by atoms with Gasteiger partial charge in [-0.15, -0.1) is 24.8 Å². The largest absolute Gasteiger partial charge is 0.383 e. The number of nitrogens with one attached hydrogen (secondary N) is 1. The van der Waals surface area contributed by atoms with Crippen LogP contribution < -0.4 is 5.32 Å². The van der Waals surface area contributed by atoms with Crippen LogP contribution in [0.5, 0.6) is 0 Å². The maximum absolute atomic E-state index is 5.22. The molecule has 0 saturated heterocycles. The van der Waals surface area contributed by atoms with E-state index in [9.17, 15) is 0 Å². The highest BCUT2D eigenvalue weighted by molar-refractivity contribution is 5.85. The van der Waals surface area contributed by atoms with E-state index >= 15 is 0 Å². The van der Waals surface area contributed by atoms with Crippen LogP contribution in [0.15, 0.2) is 18.5 Å². The molecule has 1 aliphatic rings. The van der Waals surface area contributed by atoms with Crippen molar-refractivity contribution < 1.29 is 4.74 Å². The third kappa shape index (κ3) is 3.58. The molecule has 2 aromatic heterocycles. The Kier molecular flexibility index (Phi) is 6.67. The summed E-state index contributed by atoms with van der Waals surface area (Å²) in [5.41, 5.74) is 2.15. The Bertz CT molecular complexity index is 545. The highest BCUT2D eigenvalue weighted by Gasteiger charge is 2.17. The minimum absolute atomic E-state index is 0. The summed E-state index contributed by atoms with van der Waals surface area (Å²) in [7, 11) is 1.72. The summed E-state index contributed by atoms with van der Waals surface area (Å²) in [5.74, 6) is 0.909. The van der Waals surface area contributed by atoms with Gasteiger partial charge in [-0.1, -0.05) is 0 Å². The molecule has 0 radical (unpaired) electrons. The molecule has 0 bridgehead atoms. The summed E-state index contributed by atoms with van der Waals surface area (Å²) in [6, 6.07) is 2.36. The van der Waals surface area contributed by atoms with Gasteiger partial charge < -0.3 is 14.6 Å². The van der Waals surface area contributed by atoms with E-state index in [-0.39, 0.29) is 30.9 Å². The standard InChI is InChI=1S/C13H19N5O.2ClH/c1-10(9-19-2)17-5-4-15-13(17)12-7-11-8-14-3-6-18(11)16-12;;/h4-5,7,10,14H,3,6,8-9H2,1-2H3;2*1H/t10-;;/m0../s1. The van der Waals surface area contributed by atoms with Crippen LogP contribution in [0.3, 0.4) is 0 Å². The van der Waals surface area contributed by atoms with Gasteiger partial charge in [0.15, 0.2) is 5.82 Å². The Morgan fingerprint density at radius 2 is 2.24 bits per heavy atom. The fourth-order valence-electron chi connectivity index (χ4n) is 2.49. The van der Waals surface area contributed by atoms with Crippen LogP contribution in [0.4, 0.5) is 0 Å². The summed E-state index contributed by atoms with van der Waals surface area (Å²) in [6.45, 7) is 5.55. The second-order valence-electron chi connectivity index (χ2n) is 4.88. The Balaban J connectivity index is 0.00000110. The molecule has 21 heavy (non-hydrogen) atoms. The quantitative estimate of drug-likeness (QED) is 0.928. The average molecular weight is 334 g/mol. The van der Waals surface area contributed by atoms with Gasteiger partial charge in [-0.3, -0.25) is 4.68 Å². The molecule has 0 spiro atoms. The Hall–Kier alpha value is -1.08. The maximum Gasteiger partial charge on any atom is 0.160 e. The molecule has 3 rings (SSSR count). The second kappa shape index (κ2) is 7.79. The van der Waals surface area contributed by atoms with E-state index in [0.29, 0.717) is 6.61 Å². The lowest BCUT2D eigenvalue weighted by Crippen LogP contribution is -2.28. The molecule has 0 fully saturated rings. The SMILES string of the molecule is COC[C@H](C)n1ccnc1-c1cc2n(n1)CCNC2.Cl.Cl. The van der Waals surface area contributed by atoms with Crippen LogP contribution in [0.25, 0.3) is 11.5 Å². The number of ether oxygens (including phenoxy) is 1. The number of hydrogen-bond acceptors (Lipinski definition) is 4. The van der Waals surface area contributed by atoms with Crippen molar-refractivity contribution in [3.05, 3.63) is 24.2 Å². The van der Waals surface area contributed by atoms with E-state index in [4.69, 9.17) is 4.74 Å². The van der Waals surface area contributed by atoms with E-state index in [0.717, 1.165) is 31.2 Å². The predicted octanol–water partition coefficient (Wildman–Crippen LogP) is 1.90. The number of rotatable bonds is 4. The lowest BCUT2D eigenvalue weighted by Gasteiger charge is -2.14. The van der Waals surface area contributed by atoms with Gasteiger partial charge in [-0.25, -0.2) is 4.98 Å². The van der Waals surface area contributed by atoms with Crippen LogP contribution in [0.2, 0.25) is 0 Å². The summed E-state index contributed by atoms with van der Waals surface area (Å²) in [4.78, 5) is 4.44. The minimum Gasteiger partial charge on any atom is -0.383 e. The van der Waals surface area contributed by atoms with Crippen LogP contribution in [-0.4, -0.2) is 39.6 Å². The molecular weight excluding hydrogens is 313 g/mol. The Morgan fingerprint density at radius 3 is 2.95 bits per heavy atom. The van der Waals surface area contributed by atoms with Gasteiger partial charge in [0.1, 0.15) is 5.69 Å². The first-order chi connectivity index (χ1) is 9.29. The number of halogens is 2. The molecule has 3 heterocycles. The molecule has 1 N–H and O–H groups in total. The average Bonchev–Trinajstić information content (AvgIpc) is 3.05. The zero-order chi connectivity index (χ0) is 13.2. The molecule has 8 heteroatoms. The summed E-state index contributed by atoms with van der Waals surface area (Å²) in [6.07, 6.45) is 3.80. The zero-order valence-corrected chi connectivity index (χ0v) is 13.8. The van der Waals surface area contributed by atoms with Crippen LogP contribution in [-0.2, 0) is 17.8 Å². The fraction of sp³-hybridized carbons (Fsp3) is 0.538. The van der Waals surface area contributed by atoms with Crippen molar-refractivity contribution in [1.29, 1.82) is 0 Å². The molecule has 0 unspecified atom stereocenters. The molecule has 2 aromatic rings. The number of nitrogens with zero attached hydrogens (tertiary/aromatic N) is 4. The number of imidazole rings is 1. The number of fused-ring (bicyclic) bond motifs is 1. The maximum atomic E-state index is 5.22. The van der Waals surface area contributed by atoms with Crippen LogP contribution >= 0.6 is 24.8 Å². The Labute approximate surface area is 136 Å². The monoisotopic (exact) mass is 333 g/mol. The number of hydrogen-bond donors (Lipinski definition) is 1. The van der Waals surface area contributed by atoms with Gasteiger partial charge in [-0.2, -0.15) is 5.10 Å². The van der Waals surface area contributed by atoms with Gasteiger partial charge >= 0.3 is 0 Å². The topological polar surface area (TPSA) is 56.9 Å². The minimum atomic E-state index is 0. The second-order valence-corrected chi connectivity index (χ2v) is 4.88. The van der Waals surface area contributed by atoms with Crippen LogP contribution in [0.1, 0.15) is 18.7 Å². The van der Waals surface area contributed by atoms with Crippen molar-refractivity contribution >= 4 is 24.8 Å². The lowest BCUT2D eigenvalue weighted by atomic mass is 10.3. The molecule has 0 aromatic carbocycles. The first kappa shape index (κ1) is 18.0. The summed E-state index contributed by atoms with van der Waals surface area (Å²) in [5, 5.41) is 8.00. The van der Waals surface area contributed by atoms with Gasteiger partial charge in [0.25, 0.3) is 0 Å². The third-order valence-electron chi connectivity index (χ3n) is 3.45. The van der Waals surface area contributed by atoms with Crippen molar-refractivity contribution in [1.82, 2.24) is 24.6 Å². The van der Waals surface area contributed by atoms with Gasteiger partial charge in [0.2, 0.25) is 0 Å². The normalized spacial score (nSPS) is 14.8. The van der Waals surface area contributed by atoms with E-state index in [2.05, 4.69) is 37.6 Å². The van der Waals surface area contributed by atoms with E-state index in [1.807, 2.05) is 12.4 Å². The van der Waals surface area contributed by atoms with Crippen molar-refractivity contribution in [3.63, 3.8) is 0 Å². The summed E-state index contributed by atoms with van der Waals surface area (Å²) < 4.78 is 9.39. The molecule has 6 nitrogen and oxygen atoms in total. The first-order valence-electron chi connectivity index (χ1n) is 6.59. The highest BCUT2D eigenvalue weighted by atomic mass is 35.5. The van der Waals surface area contributed by atoms with Gasteiger partial charge in [0.05, 0.1) is 24.9 Å². The fourth-order valence-corrected chi connectivity index (χ4v) is 2.49. The van der Waals surface area contributed by atoms with Crippen LogP contribution in [0, 0.1) is 0 Å². The van der Waals surface area contributed by atoms with Crippen molar-refractivity contribution in [2.45, 2.75) is 26.1 Å². The Morgan fingerprint density at radius 1 is 1.43 bits per heavy atom. The molecule has 1 atom stereocenters. The number of methoxy groups -OCH3 is 1. The predicted molar refractivity (Wildman–Crippen MR) is 86.2 cm³/mol. The molecule has 1 aliphatic heterocycles. The number of aromatic nitrogens is 4. The van der Waals surface area contributed by atoms with Crippen molar-refractivity contribution in [3.8, 4) is 11.5 Å². The van der Waals surface area contributed by atoms with Gasteiger partial charge in [-0.05, 0) is 13.0 Å². The molecule has 0 aliphatic carbocycles. The van der Waals surface area contributed by atoms with E-state index < -0.39 is 0 Å². The molecule has 0 amide bonds. The first-order valence-corrected chi connectivity index (χ1v) is 6.59. The van der Waals surface area contributed by atoms with Crippen molar-refractivity contribution in [2.24, 2.45) is 0 Å². The smallest absolute Gasteiger partial charge is 0.160 e. The van der Waals surface area contributed by atoms with E-state index in [1.54, 1.807) is 7.11 Å². The zero-order valence-electron chi connectivity index (χ0n) is 12.2. The van der Waals surface area contributed by atoms with E-state index in [1.165, 1.54) is 5.69 Å².